The summed E-state index contributed by atoms with van der Waals surface area (Å²) in [5, 5.41) is 21.5. The minimum absolute atomic E-state index is 0.114. The van der Waals surface area contributed by atoms with Crippen molar-refractivity contribution in [3.8, 4) is 0 Å². The first-order chi connectivity index (χ1) is 10.8. The predicted molar refractivity (Wildman–Crippen MR) is 91.4 cm³/mol. The van der Waals surface area contributed by atoms with E-state index in [1.807, 2.05) is 12.1 Å². The molecule has 0 spiro atoms. The second kappa shape index (κ2) is 7.52. The molecule has 0 aliphatic rings. The van der Waals surface area contributed by atoms with Crippen LogP contribution in [0.3, 0.4) is 0 Å². The van der Waals surface area contributed by atoms with Crippen molar-refractivity contribution in [2.45, 2.75) is 38.7 Å². The Morgan fingerprint density at radius 2 is 1.96 bits per heavy atom. The van der Waals surface area contributed by atoms with Gasteiger partial charge < -0.3 is 16.2 Å². The van der Waals surface area contributed by atoms with E-state index in [1.165, 1.54) is 11.3 Å². The maximum absolute atomic E-state index is 12.1. The molecule has 2 aromatic rings. The van der Waals surface area contributed by atoms with Crippen molar-refractivity contribution in [1.82, 2.24) is 15.5 Å². The Morgan fingerprint density at radius 1 is 1.26 bits per heavy atom. The minimum Gasteiger partial charge on any atom is -0.390 e. The van der Waals surface area contributed by atoms with Gasteiger partial charge in [0.15, 0.2) is 0 Å². The first kappa shape index (κ1) is 17.4. The lowest BCUT2D eigenvalue weighted by Gasteiger charge is -2.16. The molecule has 1 amide bonds. The zero-order valence-corrected chi connectivity index (χ0v) is 14.2. The van der Waals surface area contributed by atoms with Crippen molar-refractivity contribution in [1.29, 1.82) is 0 Å². The highest BCUT2D eigenvalue weighted by molar-refractivity contribution is 7.15. The second-order valence-electron chi connectivity index (χ2n) is 6.05. The lowest BCUT2D eigenvalue weighted by Crippen LogP contribution is -2.25. The van der Waals surface area contributed by atoms with Crippen LogP contribution < -0.4 is 11.1 Å². The number of hydrogen-bond acceptors (Lipinski definition) is 6. The fourth-order valence-electron chi connectivity index (χ4n) is 2.03. The van der Waals surface area contributed by atoms with Gasteiger partial charge in [-0.25, -0.2) is 0 Å². The molecule has 1 aromatic heterocycles. The van der Waals surface area contributed by atoms with Crippen LogP contribution in [-0.2, 0) is 12.8 Å². The van der Waals surface area contributed by atoms with E-state index in [2.05, 4.69) is 15.5 Å². The molecule has 0 unspecified atom stereocenters. The van der Waals surface area contributed by atoms with Crippen LogP contribution >= 0.6 is 11.3 Å². The Labute approximate surface area is 139 Å². The van der Waals surface area contributed by atoms with Gasteiger partial charge in [-0.1, -0.05) is 23.5 Å². The van der Waals surface area contributed by atoms with Gasteiger partial charge in [0, 0.05) is 18.5 Å². The molecule has 2 rings (SSSR count). The highest BCUT2D eigenvalue weighted by Gasteiger charge is 2.12. The normalized spacial score (nSPS) is 11.4. The number of anilines is 1. The molecule has 6 nitrogen and oxygen atoms in total. The summed E-state index contributed by atoms with van der Waals surface area (Å²) < 4.78 is 0. The third-order valence-electron chi connectivity index (χ3n) is 3.35. The topological polar surface area (TPSA) is 101 Å². The number of nitrogens with two attached hydrogens (primary N) is 1. The van der Waals surface area contributed by atoms with Gasteiger partial charge in [-0.05, 0) is 44.4 Å². The Morgan fingerprint density at radius 3 is 2.52 bits per heavy atom. The average molecular weight is 334 g/mol. The van der Waals surface area contributed by atoms with E-state index in [0.717, 1.165) is 17.0 Å². The molecule has 0 saturated heterocycles. The molecule has 4 N–H and O–H groups in total. The number of hydrogen-bond donors (Lipinski definition) is 3. The minimum atomic E-state index is -0.676. The maximum atomic E-state index is 12.1. The summed E-state index contributed by atoms with van der Waals surface area (Å²) in [6, 6.07) is 7.45. The first-order valence-electron chi connectivity index (χ1n) is 7.51. The summed E-state index contributed by atoms with van der Waals surface area (Å²) in [5.41, 5.74) is 6.56. The van der Waals surface area contributed by atoms with Crippen LogP contribution in [0.2, 0.25) is 0 Å². The molecule has 0 aliphatic heterocycles. The van der Waals surface area contributed by atoms with Crippen LogP contribution in [0, 0.1) is 0 Å². The molecule has 23 heavy (non-hydrogen) atoms. The van der Waals surface area contributed by atoms with Crippen LogP contribution in [0.4, 0.5) is 5.13 Å². The molecule has 0 fully saturated rings. The van der Waals surface area contributed by atoms with Crippen molar-refractivity contribution in [2.75, 3.05) is 12.3 Å². The third-order valence-corrected chi connectivity index (χ3v) is 4.16. The zero-order chi connectivity index (χ0) is 16.9. The fraction of sp³-hybridized carbons (Fsp3) is 0.438. The monoisotopic (exact) mass is 334 g/mol. The van der Waals surface area contributed by atoms with E-state index < -0.39 is 5.60 Å². The molecule has 0 atom stereocenters. The van der Waals surface area contributed by atoms with Crippen molar-refractivity contribution < 1.29 is 9.90 Å². The molecule has 1 aromatic carbocycles. The van der Waals surface area contributed by atoms with Crippen LogP contribution in [0.25, 0.3) is 0 Å². The number of benzene rings is 1. The highest BCUT2D eigenvalue weighted by atomic mass is 32.1. The first-order valence-corrected chi connectivity index (χ1v) is 8.32. The molecule has 0 bridgehead atoms. The summed E-state index contributed by atoms with van der Waals surface area (Å²) in [6.07, 6.45) is 2.08. The Balaban J connectivity index is 1.80. The highest BCUT2D eigenvalue weighted by Crippen LogP contribution is 2.14. The van der Waals surface area contributed by atoms with E-state index in [-0.39, 0.29) is 5.91 Å². The van der Waals surface area contributed by atoms with E-state index in [9.17, 15) is 9.90 Å². The van der Waals surface area contributed by atoms with Gasteiger partial charge >= 0.3 is 0 Å². The molecule has 0 aliphatic carbocycles. The van der Waals surface area contributed by atoms with E-state index >= 15 is 0 Å². The van der Waals surface area contributed by atoms with Crippen LogP contribution in [0.1, 0.15) is 41.2 Å². The van der Waals surface area contributed by atoms with Gasteiger partial charge in [-0.15, -0.1) is 10.2 Å². The smallest absolute Gasteiger partial charge is 0.251 e. The zero-order valence-electron chi connectivity index (χ0n) is 13.4. The van der Waals surface area contributed by atoms with Crippen molar-refractivity contribution in [3.05, 3.63) is 40.4 Å². The number of nitrogens with one attached hydrogen (secondary N) is 1. The van der Waals surface area contributed by atoms with Crippen LogP contribution in [-0.4, -0.2) is 33.4 Å². The van der Waals surface area contributed by atoms with Crippen LogP contribution in [0.15, 0.2) is 24.3 Å². The quantitative estimate of drug-likeness (QED) is 0.717. The number of amides is 1. The molecule has 0 saturated carbocycles. The standard InChI is InChI=1S/C16H22N4O2S/c1-16(2,22)9-7-11-3-5-12(6-4-11)14(21)18-10-8-13-19-20-15(17)23-13/h3-6,22H,7-10H2,1-2H3,(H2,17,20)(H,18,21). The number of nitrogen functional groups attached to an aromatic ring is 1. The molecule has 1 heterocycles. The lowest BCUT2D eigenvalue weighted by atomic mass is 9.98. The van der Waals surface area contributed by atoms with Gasteiger partial charge in [-0.2, -0.15) is 0 Å². The number of carbonyl (C=O) groups is 1. The van der Waals surface area contributed by atoms with Gasteiger partial charge in [0.1, 0.15) is 5.01 Å². The number of rotatable bonds is 7. The largest absolute Gasteiger partial charge is 0.390 e. The van der Waals surface area contributed by atoms with Crippen LogP contribution in [0.5, 0.6) is 0 Å². The van der Waals surface area contributed by atoms with E-state index in [1.54, 1.807) is 26.0 Å². The summed E-state index contributed by atoms with van der Waals surface area (Å²) in [7, 11) is 0. The molecule has 7 heteroatoms. The number of aliphatic hydroxyl groups is 1. The Kier molecular flexibility index (Phi) is 5.68. The lowest BCUT2D eigenvalue weighted by molar-refractivity contribution is 0.0713. The fourth-order valence-corrected chi connectivity index (χ4v) is 2.63. The SMILES string of the molecule is CC(C)(O)CCc1ccc(C(=O)NCCc2nnc(N)s2)cc1. The van der Waals surface area contributed by atoms with Crippen molar-refractivity contribution in [3.63, 3.8) is 0 Å². The molecule has 0 radical (unpaired) electrons. The number of nitrogens with zero attached hydrogens (tertiary/aromatic N) is 2. The third kappa shape index (κ3) is 5.96. The van der Waals surface area contributed by atoms with Gasteiger partial charge in [0.25, 0.3) is 5.91 Å². The maximum Gasteiger partial charge on any atom is 0.251 e. The van der Waals surface area contributed by atoms with Crippen molar-refractivity contribution in [2.24, 2.45) is 0 Å². The summed E-state index contributed by atoms with van der Waals surface area (Å²) in [6.45, 7) is 4.08. The summed E-state index contributed by atoms with van der Waals surface area (Å²) in [4.78, 5) is 12.1. The van der Waals surface area contributed by atoms with Crippen molar-refractivity contribution >= 4 is 22.4 Å². The number of aromatic nitrogens is 2. The number of carbonyl (C=O) groups excluding carboxylic acids is 1. The van der Waals surface area contributed by atoms with Gasteiger partial charge in [0.2, 0.25) is 5.13 Å². The summed E-state index contributed by atoms with van der Waals surface area (Å²) >= 11 is 1.33. The molecule has 124 valence electrons. The molecular weight excluding hydrogens is 312 g/mol. The Bertz CT molecular complexity index is 647. The van der Waals surface area contributed by atoms with E-state index in [0.29, 0.717) is 30.1 Å². The Hall–Kier alpha value is -1.99. The second-order valence-corrected chi connectivity index (χ2v) is 7.14. The molecular formula is C16H22N4O2S. The summed E-state index contributed by atoms with van der Waals surface area (Å²) in [5.74, 6) is -0.114. The van der Waals surface area contributed by atoms with Gasteiger partial charge in [0.05, 0.1) is 5.60 Å². The number of aryl methyl sites for hydroxylation is 1. The van der Waals surface area contributed by atoms with E-state index in [4.69, 9.17) is 5.73 Å². The average Bonchev–Trinajstić information content (AvgIpc) is 2.90. The van der Waals surface area contributed by atoms with Gasteiger partial charge in [-0.3, -0.25) is 4.79 Å². The predicted octanol–water partition coefficient (Wildman–Crippen LogP) is 1.80.